The molecule has 37 heavy (non-hydrogen) atoms. The van der Waals surface area contributed by atoms with E-state index >= 15 is 0 Å². The van der Waals surface area contributed by atoms with E-state index in [-0.39, 0.29) is 34.6 Å². The Morgan fingerprint density at radius 1 is 1.08 bits per heavy atom. The molecule has 11 heteroatoms. The Labute approximate surface area is 222 Å². The van der Waals surface area contributed by atoms with E-state index in [1.807, 2.05) is 17.5 Å². The van der Waals surface area contributed by atoms with Crippen LogP contribution in [0.25, 0.3) is 6.08 Å². The van der Waals surface area contributed by atoms with Gasteiger partial charge in [-0.2, -0.15) is 0 Å². The third-order valence-corrected chi connectivity index (χ3v) is 9.16. The topological polar surface area (TPSA) is 109 Å². The van der Waals surface area contributed by atoms with E-state index in [2.05, 4.69) is 15.3 Å². The Morgan fingerprint density at radius 3 is 2.62 bits per heavy atom. The molecular formula is C26H22N4O4S3. The van der Waals surface area contributed by atoms with Gasteiger partial charge in [0.05, 0.1) is 9.77 Å². The van der Waals surface area contributed by atoms with Gasteiger partial charge in [0.1, 0.15) is 17.3 Å². The highest BCUT2D eigenvalue weighted by atomic mass is 32.2. The summed E-state index contributed by atoms with van der Waals surface area (Å²) >= 11 is 2.72. The monoisotopic (exact) mass is 550 g/mol. The van der Waals surface area contributed by atoms with E-state index in [0.717, 1.165) is 4.88 Å². The number of anilines is 1. The van der Waals surface area contributed by atoms with Crippen molar-refractivity contribution < 1.29 is 18.0 Å². The minimum absolute atomic E-state index is 0.120. The smallest absolute Gasteiger partial charge is 0.274 e. The van der Waals surface area contributed by atoms with Crippen LogP contribution in [0.15, 0.2) is 76.1 Å². The Morgan fingerprint density at radius 2 is 1.89 bits per heavy atom. The summed E-state index contributed by atoms with van der Waals surface area (Å²) in [5.74, 6) is -0.894. The Balaban J connectivity index is 1.46. The first kappa shape index (κ1) is 25.0. The number of carbonyl (C=O) groups is 2. The molecule has 0 aliphatic carbocycles. The van der Waals surface area contributed by atoms with Crippen molar-refractivity contribution in [3.63, 3.8) is 0 Å². The molecule has 188 valence electrons. The number of aromatic nitrogens is 2. The van der Waals surface area contributed by atoms with Gasteiger partial charge < -0.3 is 10.2 Å². The molecule has 0 radical (unpaired) electrons. The van der Waals surface area contributed by atoms with E-state index in [1.54, 1.807) is 54.8 Å². The van der Waals surface area contributed by atoms with E-state index in [9.17, 15) is 18.0 Å². The molecule has 0 saturated heterocycles. The fourth-order valence-electron chi connectivity index (χ4n) is 4.13. The molecule has 0 unspecified atom stereocenters. The molecule has 1 aliphatic rings. The minimum Gasteiger partial charge on any atom is -0.317 e. The van der Waals surface area contributed by atoms with E-state index in [0.29, 0.717) is 28.2 Å². The molecule has 1 aliphatic heterocycles. The predicted octanol–water partition coefficient (Wildman–Crippen LogP) is 4.24. The third-order valence-electron chi connectivity index (χ3n) is 5.78. The van der Waals surface area contributed by atoms with Crippen LogP contribution >= 0.6 is 22.7 Å². The highest BCUT2D eigenvalue weighted by molar-refractivity contribution is 7.90. The van der Waals surface area contributed by atoms with Crippen LogP contribution < -0.4 is 10.2 Å². The van der Waals surface area contributed by atoms with Crippen molar-refractivity contribution in [3.8, 4) is 0 Å². The van der Waals surface area contributed by atoms with Gasteiger partial charge in [0.15, 0.2) is 9.84 Å². The summed E-state index contributed by atoms with van der Waals surface area (Å²) < 4.78 is 26.6. The average Bonchev–Trinajstić information content (AvgIpc) is 3.65. The van der Waals surface area contributed by atoms with Crippen molar-refractivity contribution in [1.29, 1.82) is 0 Å². The Kier molecular flexibility index (Phi) is 7.00. The van der Waals surface area contributed by atoms with Crippen LogP contribution in [0.1, 0.15) is 31.6 Å². The van der Waals surface area contributed by atoms with Gasteiger partial charge in [0.25, 0.3) is 11.8 Å². The van der Waals surface area contributed by atoms with Crippen LogP contribution in [0.3, 0.4) is 0 Å². The summed E-state index contributed by atoms with van der Waals surface area (Å²) in [6, 6.07) is 13.8. The molecule has 0 saturated carbocycles. The summed E-state index contributed by atoms with van der Waals surface area (Å²) in [5, 5.41) is 6.44. The molecule has 3 aromatic heterocycles. The second-order valence-corrected chi connectivity index (χ2v) is 12.2. The molecule has 1 aromatic carbocycles. The van der Waals surface area contributed by atoms with E-state index in [1.165, 1.54) is 33.8 Å². The molecule has 0 bridgehead atoms. The summed E-state index contributed by atoms with van der Waals surface area (Å²) in [5.41, 5.74) is 1.89. The van der Waals surface area contributed by atoms with Crippen LogP contribution in [0.2, 0.25) is 0 Å². The van der Waals surface area contributed by atoms with Crippen LogP contribution in [-0.4, -0.2) is 36.7 Å². The molecule has 1 N–H and O–H groups in total. The van der Waals surface area contributed by atoms with Gasteiger partial charge in [-0.3, -0.25) is 9.59 Å². The normalized spacial score (nSPS) is 13.4. The maximum atomic E-state index is 13.7. The number of rotatable bonds is 7. The molecule has 2 amide bonds. The number of aryl methyl sites for hydroxylation is 1. The number of fused-ring (bicyclic) bond motifs is 1. The van der Waals surface area contributed by atoms with E-state index in [4.69, 9.17) is 0 Å². The lowest BCUT2D eigenvalue weighted by Crippen LogP contribution is -2.37. The summed E-state index contributed by atoms with van der Waals surface area (Å²) in [6.07, 6.45) is 3.55. The molecule has 4 heterocycles. The number of amides is 2. The number of nitrogens with one attached hydrogen (secondary N) is 1. The number of carbonyl (C=O) groups excluding carboxylic acids is 2. The van der Waals surface area contributed by atoms with Crippen molar-refractivity contribution >= 4 is 56.1 Å². The molecular weight excluding hydrogens is 529 g/mol. The van der Waals surface area contributed by atoms with Crippen molar-refractivity contribution in [2.24, 2.45) is 0 Å². The number of benzene rings is 1. The lowest BCUT2D eigenvalue weighted by atomic mass is 10.2. The maximum Gasteiger partial charge on any atom is 0.274 e. The lowest BCUT2D eigenvalue weighted by Gasteiger charge is -2.20. The molecule has 5 rings (SSSR count). The van der Waals surface area contributed by atoms with Crippen molar-refractivity contribution in [1.82, 2.24) is 15.3 Å². The number of thiophene rings is 2. The van der Waals surface area contributed by atoms with Crippen molar-refractivity contribution in [2.45, 2.75) is 24.0 Å². The molecule has 8 nitrogen and oxygen atoms in total. The Hall–Kier alpha value is -3.67. The summed E-state index contributed by atoms with van der Waals surface area (Å²) in [6.45, 7) is 2.07. The summed E-state index contributed by atoms with van der Waals surface area (Å²) in [7, 11) is -3.76. The number of nitrogens with zero attached hydrogens (tertiary/aromatic N) is 3. The van der Waals surface area contributed by atoms with Gasteiger partial charge in [-0.15, -0.1) is 22.7 Å². The van der Waals surface area contributed by atoms with Crippen LogP contribution in [0.5, 0.6) is 0 Å². The zero-order valence-electron chi connectivity index (χ0n) is 19.7. The minimum atomic E-state index is -3.76. The van der Waals surface area contributed by atoms with Gasteiger partial charge in [0, 0.05) is 29.0 Å². The van der Waals surface area contributed by atoms with Crippen molar-refractivity contribution in [2.75, 3.05) is 11.4 Å². The third kappa shape index (κ3) is 5.38. The fraction of sp³-hybridized carbons (Fsp3) is 0.154. The second kappa shape index (κ2) is 10.4. The standard InChI is InChI=1S/C26H22N4O4S3/c1-17-9-11-27-24(28-17)16-37(33,34)23-8-2-6-21-19(23)10-12-30(21)26(32)20(15-18-5-3-13-35-18)29-25(31)22-7-4-14-36-22/h2-9,11,13-15H,10,12,16H2,1H3,(H,29,31)/b20-15+. The van der Waals surface area contributed by atoms with Gasteiger partial charge >= 0.3 is 0 Å². The second-order valence-electron chi connectivity index (χ2n) is 8.34. The fourth-order valence-corrected chi connectivity index (χ4v) is 6.91. The molecule has 0 fully saturated rings. The quantitative estimate of drug-likeness (QED) is 0.345. The first-order chi connectivity index (χ1) is 17.8. The van der Waals surface area contributed by atoms with Gasteiger partial charge in [0.2, 0.25) is 0 Å². The van der Waals surface area contributed by atoms with Gasteiger partial charge in [-0.25, -0.2) is 18.4 Å². The zero-order valence-corrected chi connectivity index (χ0v) is 22.2. The largest absolute Gasteiger partial charge is 0.317 e. The van der Waals surface area contributed by atoms with Crippen LogP contribution in [0, 0.1) is 6.92 Å². The van der Waals surface area contributed by atoms with Gasteiger partial charge in [-0.1, -0.05) is 18.2 Å². The number of hydrogen-bond acceptors (Lipinski definition) is 8. The van der Waals surface area contributed by atoms with Gasteiger partial charge in [-0.05, 0) is 66.1 Å². The first-order valence-corrected chi connectivity index (χ1v) is 14.8. The van der Waals surface area contributed by atoms with E-state index < -0.39 is 15.7 Å². The zero-order chi connectivity index (χ0) is 26.0. The predicted molar refractivity (Wildman–Crippen MR) is 144 cm³/mol. The Bertz CT molecular complexity index is 1590. The number of hydrogen-bond donors (Lipinski definition) is 1. The number of sulfone groups is 1. The molecule has 0 spiro atoms. The summed E-state index contributed by atoms with van der Waals surface area (Å²) in [4.78, 5) is 37.8. The maximum absolute atomic E-state index is 13.7. The molecule has 0 atom stereocenters. The van der Waals surface area contributed by atoms with Crippen LogP contribution in [-0.2, 0) is 26.8 Å². The first-order valence-electron chi connectivity index (χ1n) is 11.4. The average molecular weight is 551 g/mol. The van der Waals surface area contributed by atoms with Crippen molar-refractivity contribution in [3.05, 3.63) is 98.0 Å². The highest BCUT2D eigenvalue weighted by Crippen LogP contribution is 2.35. The highest BCUT2D eigenvalue weighted by Gasteiger charge is 2.32. The molecule has 4 aromatic rings. The SMILES string of the molecule is Cc1ccnc(CS(=O)(=O)c2cccc3c2CCN3C(=O)/C(=C\c2cccs2)NC(=O)c2cccs2)n1. The lowest BCUT2D eigenvalue weighted by molar-refractivity contribution is -0.115. The van der Waals surface area contributed by atoms with Crippen LogP contribution in [0.4, 0.5) is 5.69 Å².